The number of rotatable bonds is 8. The van der Waals surface area contributed by atoms with Gasteiger partial charge in [0.1, 0.15) is 5.82 Å². The number of ether oxygens (including phenoxy) is 1. The van der Waals surface area contributed by atoms with E-state index in [0.717, 1.165) is 0 Å². The second-order valence-corrected chi connectivity index (χ2v) is 9.71. The van der Waals surface area contributed by atoms with Crippen molar-refractivity contribution in [3.63, 3.8) is 0 Å². The highest BCUT2D eigenvalue weighted by molar-refractivity contribution is 6.04. The molecule has 198 valence electrons. The maximum Gasteiger partial charge on any atom is 0.255 e. The summed E-state index contributed by atoms with van der Waals surface area (Å²) in [7, 11) is 0. The number of aryl methyl sites for hydroxylation is 1. The van der Waals surface area contributed by atoms with E-state index in [2.05, 4.69) is 31.6 Å². The number of hydrogen-bond acceptors (Lipinski definition) is 10. The number of pyridine rings is 2. The molecule has 38 heavy (non-hydrogen) atoms. The average Bonchev–Trinajstić information content (AvgIpc) is 2.94. The summed E-state index contributed by atoms with van der Waals surface area (Å²) in [5.41, 5.74) is 2.28. The minimum absolute atomic E-state index is 0.0792. The Morgan fingerprint density at radius 3 is 2.58 bits per heavy atom. The molecular formula is C27H32N8O3. The number of aliphatic hydroxyl groups is 1. The quantitative estimate of drug-likeness (QED) is 0.408. The Kier molecular flexibility index (Phi) is 8.14. The van der Waals surface area contributed by atoms with Crippen molar-refractivity contribution in [3.05, 3.63) is 53.6 Å². The zero-order valence-corrected chi connectivity index (χ0v) is 22.0. The molecule has 11 heteroatoms. The molecule has 0 spiro atoms. The van der Waals surface area contributed by atoms with Gasteiger partial charge in [0.25, 0.3) is 5.91 Å². The summed E-state index contributed by atoms with van der Waals surface area (Å²) in [4.78, 5) is 33.3. The van der Waals surface area contributed by atoms with Crippen LogP contribution in [0.1, 0.15) is 42.5 Å². The first-order chi connectivity index (χ1) is 18.2. The number of nitrogens with one attached hydrogen (secondary N) is 2. The van der Waals surface area contributed by atoms with Crippen LogP contribution in [0.5, 0.6) is 0 Å². The van der Waals surface area contributed by atoms with Crippen LogP contribution in [-0.2, 0) is 10.2 Å². The SMILES string of the molecule is Cc1nc(C(C)(C)C#N)c(NC(=O)c2ccncc2)cc1-c1cc(N2CCOCC2)nc(N[C@@H](C)CO)n1. The number of anilines is 3. The molecule has 1 aliphatic heterocycles. The lowest BCUT2D eigenvalue weighted by Gasteiger charge is -2.28. The summed E-state index contributed by atoms with van der Waals surface area (Å²) in [5.74, 6) is 0.748. The van der Waals surface area contributed by atoms with E-state index in [9.17, 15) is 15.2 Å². The van der Waals surface area contributed by atoms with Crippen LogP contribution in [0.3, 0.4) is 0 Å². The van der Waals surface area contributed by atoms with Crippen LogP contribution in [0.2, 0.25) is 0 Å². The normalized spacial score (nSPS) is 14.5. The van der Waals surface area contributed by atoms with Gasteiger partial charge < -0.3 is 25.4 Å². The maximum atomic E-state index is 13.1. The molecule has 0 aliphatic carbocycles. The first-order valence-electron chi connectivity index (χ1n) is 12.5. The van der Waals surface area contributed by atoms with Crippen molar-refractivity contribution < 1.29 is 14.6 Å². The zero-order valence-electron chi connectivity index (χ0n) is 22.0. The molecule has 11 nitrogen and oxygen atoms in total. The lowest BCUT2D eigenvalue weighted by Crippen LogP contribution is -2.37. The summed E-state index contributed by atoms with van der Waals surface area (Å²) in [6.45, 7) is 9.69. The molecule has 0 unspecified atom stereocenters. The molecule has 4 heterocycles. The highest BCUT2D eigenvalue weighted by Crippen LogP contribution is 2.34. The Morgan fingerprint density at radius 2 is 1.92 bits per heavy atom. The number of amides is 1. The number of nitrogens with zero attached hydrogens (tertiary/aromatic N) is 6. The Bertz CT molecular complexity index is 1330. The van der Waals surface area contributed by atoms with Crippen LogP contribution < -0.4 is 15.5 Å². The monoisotopic (exact) mass is 516 g/mol. The van der Waals surface area contributed by atoms with E-state index in [1.165, 1.54) is 0 Å². The Morgan fingerprint density at radius 1 is 1.21 bits per heavy atom. The number of nitriles is 1. The van der Waals surface area contributed by atoms with Gasteiger partial charge in [0.15, 0.2) is 0 Å². The number of hydrogen-bond donors (Lipinski definition) is 3. The minimum atomic E-state index is -0.960. The molecule has 1 aliphatic rings. The Hall–Kier alpha value is -4.14. The smallest absolute Gasteiger partial charge is 0.255 e. The lowest BCUT2D eigenvalue weighted by molar-refractivity contribution is 0.102. The van der Waals surface area contributed by atoms with Crippen molar-refractivity contribution in [3.8, 4) is 17.3 Å². The van der Waals surface area contributed by atoms with E-state index < -0.39 is 5.41 Å². The predicted octanol–water partition coefficient (Wildman–Crippen LogP) is 2.92. The summed E-state index contributed by atoms with van der Waals surface area (Å²) < 4.78 is 5.50. The third kappa shape index (κ3) is 6.04. The van der Waals surface area contributed by atoms with Gasteiger partial charge in [-0.05, 0) is 45.9 Å². The van der Waals surface area contributed by atoms with Gasteiger partial charge in [-0.3, -0.25) is 14.8 Å². The van der Waals surface area contributed by atoms with Gasteiger partial charge in [-0.2, -0.15) is 10.2 Å². The molecule has 3 N–H and O–H groups in total. The number of carbonyl (C=O) groups excluding carboxylic acids is 1. The number of morpholine rings is 1. The average molecular weight is 517 g/mol. The fourth-order valence-electron chi connectivity index (χ4n) is 4.04. The van der Waals surface area contributed by atoms with E-state index in [4.69, 9.17) is 14.7 Å². The predicted molar refractivity (Wildman–Crippen MR) is 144 cm³/mol. The van der Waals surface area contributed by atoms with Crippen molar-refractivity contribution in [2.75, 3.05) is 48.4 Å². The van der Waals surface area contributed by atoms with Gasteiger partial charge in [0.05, 0.1) is 48.4 Å². The number of carbonyl (C=O) groups is 1. The van der Waals surface area contributed by atoms with Gasteiger partial charge in [0, 0.05) is 54.4 Å². The second-order valence-electron chi connectivity index (χ2n) is 9.71. The minimum Gasteiger partial charge on any atom is -0.394 e. The summed E-state index contributed by atoms with van der Waals surface area (Å²) in [6.07, 6.45) is 3.09. The van der Waals surface area contributed by atoms with E-state index in [1.807, 2.05) is 19.9 Å². The largest absolute Gasteiger partial charge is 0.394 e. The first-order valence-corrected chi connectivity index (χ1v) is 12.5. The molecule has 0 radical (unpaired) electrons. The molecule has 3 aromatic heterocycles. The summed E-state index contributed by atoms with van der Waals surface area (Å²) >= 11 is 0. The molecule has 4 rings (SSSR count). The molecule has 1 fully saturated rings. The number of aliphatic hydroxyl groups excluding tert-OH is 1. The fraction of sp³-hybridized carbons (Fsp3) is 0.407. The zero-order chi connectivity index (χ0) is 27.3. The van der Waals surface area contributed by atoms with Crippen molar-refractivity contribution in [1.82, 2.24) is 19.9 Å². The van der Waals surface area contributed by atoms with Crippen LogP contribution in [0.4, 0.5) is 17.5 Å². The highest BCUT2D eigenvalue weighted by Gasteiger charge is 2.28. The molecule has 0 bridgehead atoms. The van der Waals surface area contributed by atoms with Gasteiger partial charge in [-0.25, -0.2) is 4.98 Å². The van der Waals surface area contributed by atoms with Crippen molar-refractivity contribution >= 4 is 23.4 Å². The third-order valence-corrected chi connectivity index (χ3v) is 6.25. The first kappa shape index (κ1) is 26.9. The molecular weight excluding hydrogens is 484 g/mol. The fourth-order valence-corrected chi connectivity index (χ4v) is 4.04. The topological polar surface area (TPSA) is 149 Å². The molecule has 3 aromatic rings. The van der Waals surface area contributed by atoms with E-state index in [0.29, 0.717) is 72.0 Å². The number of aromatic nitrogens is 4. The van der Waals surface area contributed by atoms with Gasteiger partial charge >= 0.3 is 0 Å². The van der Waals surface area contributed by atoms with Crippen molar-refractivity contribution in [2.45, 2.75) is 39.2 Å². The summed E-state index contributed by atoms with van der Waals surface area (Å²) in [5, 5.41) is 25.5. The van der Waals surface area contributed by atoms with Crippen LogP contribution in [-0.4, -0.2) is 69.9 Å². The lowest BCUT2D eigenvalue weighted by atomic mass is 9.88. The molecule has 0 aromatic carbocycles. The molecule has 1 atom stereocenters. The van der Waals surface area contributed by atoms with E-state index in [-0.39, 0.29) is 18.6 Å². The standard InChI is InChI=1S/C27H32N8O3/c1-17(15-36)30-26-33-21(14-23(34-26)35-9-11-38-12-10-35)20-13-22(24(31-18(20)2)27(3,4)16-28)32-25(37)19-5-7-29-8-6-19/h5-8,13-14,17,36H,9-12,15H2,1-4H3,(H,32,37)(H,30,33,34)/t17-/m0/s1. The second kappa shape index (κ2) is 11.5. The van der Waals surface area contributed by atoms with Gasteiger partial charge in [-0.15, -0.1) is 0 Å². The summed E-state index contributed by atoms with van der Waals surface area (Å²) in [6, 6.07) is 8.95. The van der Waals surface area contributed by atoms with Crippen molar-refractivity contribution in [1.29, 1.82) is 5.26 Å². The van der Waals surface area contributed by atoms with Crippen LogP contribution in [0, 0.1) is 18.3 Å². The third-order valence-electron chi connectivity index (χ3n) is 6.25. The van der Waals surface area contributed by atoms with Crippen LogP contribution in [0.15, 0.2) is 36.7 Å². The molecule has 1 saturated heterocycles. The Balaban J connectivity index is 1.83. The molecule has 1 amide bonds. The molecule has 0 saturated carbocycles. The van der Waals surface area contributed by atoms with Crippen molar-refractivity contribution in [2.24, 2.45) is 0 Å². The maximum absolute atomic E-state index is 13.1. The van der Waals surface area contributed by atoms with Crippen LogP contribution >= 0.6 is 0 Å². The van der Waals surface area contributed by atoms with Crippen LogP contribution in [0.25, 0.3) is 11.3 Å². The Labute approximate surface area is 221 Å². The van der Waals surface area contributed by atoms with Gasteiger partial charge in [0.2, 0.25) is 5.95 Å². The van der Waals surface area contributed by atoms with Gasteiger partial charge in [-0.1, -0.05) is 0 Å². The van der Waals surface area contributed by atoms with E-state index in [1.54, 1.807) is 44.4 Å². The highest BCUT2D eigenvalue weighted by atomic mass is 16.5. The van der Waals surface area contributed by atoms with E-state index >= 15 is 0 Å².